The zero-order valence-corrected chi connectivity index (χ0v) is 13.0. The van der Waals surface area contributed by atoms with Gasteiger partial charge < -0.3 is 15.5 Å². The third kappa shape index (κ3) is 2.77. The molecule has 1 saturated heterocycles. The summed E-state index contributed by atoms with van der Waals surface area (Å²) in [6, 6.07) is 0. The van der Waals surface area contributed by atoms with Gasteiger partial charge in [0.1, 0.15) is 10.8 Å². The molecule has 1 aliphatic heterocycles. The van der Waals surface area contributed by atoms with Crippen molar-refractivity contribution in [1.82, 2.24) is 14.7 Å². The van der Waals surface area contributed by atoms with Gasteiger partial charge in [0.15, 0.2) is 0 Å². The number of thiocarbonyl (C=S) groups is 1. The van der Waals surface area contributed by atoms with Gasteiger partial charge in [0.2, 0.25) is 5.91 Å². The van der Waals surface area contributed by atoms with Crippen molar-refractivity contribution in [3.8, 4) is 0 Å². The van der Waals surface area contributed by atoms with E-state index < -0.39 is 0 Å². The van der Waals surface area contributed by atoms with Crippen molar-refractivity contribution in [2.24, 2.45) is 12.8 Å². The van der Waals surface area contributed by atoms with E-state index in [4.69, 9.17) is 18.0 Å². The number of hydrogen-bond donors (Lipinski definition) is 1. The molecule has 1 aromatic heterocycles. The lowest BCUT2D eigenvalue weighted by atomic mass is 10.2. The Bertz CT molecular complexity index is 539. The molecule has 0 spiro atoms. The van der Waals surface area contributed by atoms with Gasteiger partial charge in [-0.3, -0.25) is 9.48 Å². The summed E-state index contributed by atoms with van der Waals surface area (Å²) < 4.78 is 1.83. The molecule has 1 aromatic rings. The average molecular weight is 295 g/mol. The minimum absolute atomic E-state index is 0.127. The van der Waals surface area contributed by atoms with E-state index in [1.165, 1.54) is 0 Å². The predicted octanol–water partition coefficient (Wildman–Crippen LogP) is 0.421. The maximum absolute atomic E-state index is 11.5. The number of rotatable bonds is 2. The van der Waals surface area contributed by atoms with Crippen LogP contribution in [0.4, 0.5) is 5.82 Å². The molecule has 110 valence electrons. The molecule has 0 atom stereocenters. The van der Waals surface area contributed by atoms with Gasteiger partial charge in [0, 0.05) is 40.2 Å². The topological polar surface area (TPSA) is 67.4 Å². The number of amides is 1. The van der Waals surface area contributed by atoms with E-state index in [-0.39, 0.29) is 5.91 Å². The Balaban J connectivity index is 2.28. The number of hydrogen-bond acceptors (Lipinski definition) is 4. The highest BCUT2D eigenvalue weighted by molar-refractivity contribution is 7.80. The zero-order valence-electron chi connectivity index (χ0n) is 12.2. The van der Waals surface area contributed by atoms with Crippen LogP contribution in [0.15, 0.2) is 0 Å². The maximum atomic E-state index is 11.5. The minimum atomic E-state index is 0.127. The van der Waals surface area contributed by atoms with Crippen LogP contribution >= 0.6 is 12.2 Å². The summed E-state index contributed by atoms with van der Waals surface area (Å²) in [5, 5.41) is 4.42. The predicted molar refractivity (Wildman–Crippen MR) is 82.9 cm³/mol. The van der Waals surface area contributed by atoms with Gasteiger partial charge in [-0.15, -0.1) is 0 Å². The molecule has 6 nitrogen and oxygen atoms in total. The van der Waals surface area contributed by atoms with E-state index >= 15 is 0 Å². The number of carbonyl (C=O) groups excluding carboxylic acids is 1. The van der Waals surface area contributed by atoms with Gasteiger partial charge in [0.05, 0.1) is 11.3 Å². The third-order valence-corrected chi connectivity index (χ3v) is 3.88. The fourth-order valence-electron chi connectivity index (χ4n) is 2.74. The maximum Gasteiger partial charge on any atom is 0.219 e. The molecule has 0 bridgehead atoms. The molecular formula is C13H21N5OS. The van der Waals surface area contributed by atoms with Crippen LogP contribution in [0.2, 0.25) is 0 Å². The number of aryl methyl sites for hydroxylation is 2. The normalized spacial score (nSPS) is 16.1. The first-order valence-electron chi connectivity index (χ1n) is 6.75. The van der Waals surface area contributed by atoms with Gasteiger partial charge in [-0.25, -0.2) is 0 Å². The molecule has 0 radical (unpaired) electrons. The molecule has 0 aromatic carbocycles. The Morgan fingerprint density at radius 2 is 2.00 bits per heavy atom. The number of nitrogens with zero attached hydrogens (tertiary/aromatic N) is 4. The van der Waals surface area contributed by atoms with Gasteiger partial charge in [-0.05, 0) is 13.3 Å². The quantitative estimate of drug-likeness (QED) is 0.801. The van der Waals surface area contributed by atoms with Crippen LogP contribution in [0.25, 0.3) is 0 Å². The lowest BCUT2D eigenvalue weighted by Crippen LogP contribution is -2.34. The van der Waals surface area contributed by atoms with Crippen LogP contribution in [0.1, 0.15) is 24.6 Å². The van der Waals surface area contributed by atoms with Gasteiger partial charge >= 0.3 is 0 Å². The molecule has 2 N–H and O–H groups in total. The third-order valence-electron chi connectivity index (χ3n) is 3.68. The SMILES string of the molecule is CC(=O)N1CCCN(c2c(C(N)=S)c(C)nn2C)CC1. The first kappa shape index (κ1) is 14.8. The summed E-state index contributed by atoms with van der Waals surface area (Å²) in [4.78, 5) is 16.0. The lowest BCUT2D eigenvalue weighted by Gasteiger charge is -2.24. The molecule has 7 heteroatoms. The first-order valence-corrected chi connectivity index (χ1v) is 7.16. The number of anilines is 1. The second-order valence-corrected chi connectivity index (χ2v) is 5.56. The molecule has 20 heavy (non-hydrogen) atoms. The number of carbonyl (C=O) groups is 1. The summed E-state index contributed by atoms with van der Waals surface area (Å²) in [6.07, 6.45) is 0.931. The van der Waals surface area contributed by atoms with Crippen molar-refractivity contribution in [1.29, 1.82) is 0 Å². The minimum Gasteiger partial charge on any atom is -0.389 e. The van der Waals surface area contributed by atoms with Crippen molar-refractivity contribution in [2.75, 3.05) is 31.1 Å². The number of aromatic nitrogens is 2. The Morgan fingerprint density at radius 1 is 1.30 bits per heavy atom. The van der Waals surface area contributed by atoms with Crippen molar-refractivity contribution in [3.63, 3.8) is 0 Å². The van der Waals surface area contributed by atoms with E-state index in [0.29, 0.717) is 4.99 Å². The van der Waals surface area contributed by atoms with E-state index in [9.17, 15) is 4.79 Å². The summed E-state index contributed by atoms with van der Waals surface area (Å²) in [6.45, 7) is 6.69. The second-order valence-electron chi connectivity index (χ2n) is 5.12. The van der Waals surface area contributed by atoms with Crippen molar-refractivity contribution in [3.05, 3.63) is 11.3 Å². The van der Waals surface area contributed by atoms with Crippen LogP contribution < -0.4 is 10.6 Å². The van der Waals surface area contributed by atoms with Crippen LogP contribution in [0.5, 0.6) is 0 Å². The lowest BCUT2D eigenvalue weighted by molar-refractivity contribution is -0.128. The summed E-state index contributed by atoms with van der Waals surface area (Å²) in [5.74, 6) is 1.09. The highest BCUT2D eigenvalue weighted by Crippen LogP contribution is 2.24. The van der Waals surface area contributed by atoms with Crippen molar-refractivity contribution >= 4 is 28.9 Å². The molecule has 0 saturated carbocycles. The fraction of sp³-hybridized carbons (Fsp3) is 0.615. The summed E-state index contributed by atoms with van der Waals surface area (Å²) in [7, 11) is 1.90. The van der Waals surface area contributed by atoms with E-state index in [1.807, 2.05) is 23.6 Å². The van der Waals surface area contributed by atoms with E-state index in [0.717, 1.165) is 49.7 Å². The standard InChI is InChI=1S/C13H21N5OS/c1-9-11(12(14)20)13(16(3)15-9)18-6-4-5-17(7-8-18)10(2)19/h4-8H2,1-3H3,(H2,14,20). The number of nitrogens with two attached hydrogens (primary N) is 1. The average Bonchev–Trinajstić information content (AvgIpc) is 2.54. The first-order chi connectivity index (χ1) is 9.41. The van der Waals surface area contributed by atoms with Gasteiger partial charge in [-0.1, -0.05) is 12.2 Å². The Labute approximate surface area is 124 Å². The van der Waals surface area contributed by atoms with E-state index in [2.05, 4.69) is 10.00 Å². The second kappa shape index (κ2) is 5.78. The summed E-state index contributed by atoms with van der Waals surface area (Å²) >= 11 is 5.15. The molecule has 1 amide bonds. The zero-order chi connectivity index (χ0) is 14.9. The van der Waals surface area contributed by atoms with Crippen molar-refractivity contribution < 1.29 is 4.79 Å². The van der Waals surface area contributed by atoms with Gasteiger partial charge in [0.25, 0.3) is 0 Å². The molecule has 1 fully saturated rings. The van der Waals surface area contributed by atoms with Gasteiger partial charge in [-0.2, -0.15) is 5.10 Å². The molecule has 0 aliphatic carbocycles. The highest BCUT2D eigenvalue weighted by atomic mass is 32.1. The highest BCUT2D eigenvalue weighted by Gasteiger charge is 2.24. The molecule has 2 rings (SSSR count). The van der Waals surface area contributed by atoms with Crippen LogP contribution in [-0.4, -0.2) is 51.8 Å². The van der Waals surface area contributed by atoms with Crippen LogP contribution in [0.3, 0.4) is 0 Å². The van der Waals surface area contributed by atoms with Crippen molar-refractivity contribution in [2.45, 2.75) is 20.3 Å². The van der Waals surface area contributed by atoms with E-state index in [1.54, 1.807) is 6.92 Å². The smallest absolute Gasteiger partial charge is 0.219 e. The Kier molecular flexibility index (Phi) is 4.27. The van der Waals surface area contributed by atoms with Crippen LogP contribution in [-0.2, 0) is 11.8 Å². The Hall–Kier alpha value is -1.63. The molecule has 2 heterocycles. The Morgan fingerprint density at radius 3 is 2.60 bits per heavy atom. The monoisotopic (exact) mass is 295 g/mol. The molecular weight excluding hydrogens is 274 g/mol. The largest absolute Gasteiger partial charge is 0.389 e. The summed E-state index contributed by atoms with van der Waals surface area (Å²) in [5.41, 5.74) is 7.53. The van der Waals surface area contributed by atoms with Crippen LogP contribution in [0, 0.1) is 6.92 Å². The molecule has 0 unspecified atom stereocenters. The fourth-order valence-corrected chi connectivity index (χ4v) is 2.98. The molecule has 1 aliphatic rings.